The van der Waals surface area contributed by atoms with E-state index in [4.69, 9.17) is 0 Å². The van der Waals surface area contributed by atoms with Crippen molar-refractivity contribution in [2.24, 2.45) is 5.92 Å². The lowest BCUT2D eigenvalue weighted by atomic mass is 10.0. The first-order valence-electron chi connectivity index (χ1n) is 6.35. The van der Waals surface area contributed by atoms with Gasteiger partial charge >= 0.3 is 0 Å². The maximum atomic E-state index is 4.54. The lowest BCUT2D eigenvalue weighted by Crippen LogP contribution is -2.25. The molecular formula is C13H20N4S. The molecule has 1 atom stereocenters. The summed E-state index contributed by atoms with van der Waals surface area (Å²) in [4.78, 5) is 8.98. The summed E-state index contributed by atoms with van der Waals surface area (Å²) in [6, 6.07) is 2.47. The van der Waals surface area contributed by atoms with Crippen LogP contribution < -0.4 is 10.6 Å². The zero-order valence-corrected chi connectivity index (χ0v) is 12.1. The fourth-order valence-electron chi connectivity index (χ4n) is 1.99. The molecule has 2 heterocycles. The van der Waals surface area contributed by atoms with E-state index in [1.807, 2.05) is 13.1 Å². The maximum absolute atomic E-state index is 4.54. The molecule has 0 aliphatic rings. The number of rotatable bonds is 5. The Bertz CT molecular complexity index is 521. The molecule has 2 N–H and O–H groups in total. The first-order valence-corrected chi connectivity index (χ1v) is 7.23. The highest BCUT2D eigenvalue weighted by molar-refractivity contribution is 7.17. The topological polar surface area (TPSA) is 49.8 Å². The smallest absolute Gasteiger partial charge is 0.225 e. The minimum absolute atomic E-state index is 0.440. The Morgan fingerprint density at radius 1 is 1.33 bits per heavy atom. The molecule has 98 valence electrons. The Hall–Kier alpha value is -1.36. The van der Waals surface area contributed by atoms with Crippen LogP contribution in [0.3, 0.4) is 0 Å². The molecule has 0 fully saturated rings. The highest BCUT2D eigenvalue weighted by Gasteiger charge is 2.15. The fourth-order valence-corrected chi connectivity index (χ4v) is 2.77. The van der Waals surface area contributed by atoms with Crippen molar-refractivity contribution in [2.45, 2.75) is 33.2 Å². The second-order valence-electron chi connectivity index (χ2n) is 4.68. The fraction of sp³-hybridized carbons (Fsp3) is 0.538. The zero-order valence-electron chi connectivity index (χ0n) is 11.3. The Labute approximate surface area is 112 Å². The van der Waals surface area contributed by atoms with Crippen molar-refractivity contribution in [3.8, 4) is 0 Å². The third kappa shape index (κ3) is 2.56. The summed E-state index contributed by atoms with van der Waals surface area (Å²) in [5, 5.41) is 8.62. The largest absolute Gasteiger partial charge is 0.366 e. The number of anilines is 2. The van der Waals surface area contributed by atoms with Gasteiger partial charge in [-0.1, -0.05) is 20.8 Å². The van der Waals surface area contributed by atoms with Crippen LogP contribution in [0.4, 0.5) is 11.8 Å². The van der Waals surface area contributed by atoms with Crippen molar-refractivity contribution in [3.05, 3.63) is 11.4 Å². The first kappa shape index (κ1) is 13.1. The zero-order chi connectivity index (χ0) is 13.1. The van der Waals surface area contributed by atoms with E-state index in [2.05, 4.69) is 46.8 Å². The molecule has 0 saturated heterocycles. The molecule has 0 aliphatic heterocycles. The van der Waals surface area contributed by atoms with Gasteiger partial charge in [0.05, 0.1) is 10.2 Å². The van der Waals surface area contributed by atoms with Gasteiger partial charge in [-0.15, -0.1) is 11.3 Å². The second kappa shape index (κ2) is 5.52. The van der Waals surface area contributed by atoms with Gasteiger partial charge in [0, 0.05) is 13.1 Å². The van der Waals surface area contributed by atoms with Gasteiger partial charge in [-0.25, -0.2) is 4.98 Å². The lowest BCUT2D eigenvalue weighted by molar-refractivity contribution is 0.510. The van der Waals surface area contributed by atoms with Crippen LogP contribution in [-0.2, 0) is 0 Å². The van der Waals surface area contributed by atoms with Gasteiger partial charge in [-0.3, -0.25) is 0 Å². The first-order chi connectivity index (χ1) is 8.65. The number of aromatic nitrogens is 2. The SMILES string of the molecule is CCC(Nc1nc(NC)nc2ccsc12)C(C)C. The summed E-state index contributed by atoms with van der Waals surface area (Å²) in [6.07, 6.45) is 1.09. The molecule has 0 amide bonds. The third-order valence-electron chi connectivity index (χ3n) is 3.09. The average molecular weight is 264 g/mol. The van der Waals surface area contributed by atoms with Crippen molar-refractivity contribution in [2.75, 3.05) is 17.7 Å². The molecule has 4 nitrogen and oxygen atoms in total. The molecule has 0 radical (unpaired) electrons. The number of nitrogens with zero attached hydrogens (tertiary/aromatic N) is 2. The van der Waals surface area contributed by atoms with E-state index in [1.54, 1.807) is 11.3 Å². The van der Waals surface area contributed by atoms with Crippen LogP contribution in [0.15, 0.2) is 11.4 Å². The second-order valence-corrected chi connectivity index (χ2v) is 5.60. The molecule has 2 aromatic rings. The number of nitrogens with one attached hydrogen (secondary N) is 2. The summed E-state index contributed by atoms with van der Waals surface area (Å²) >= 11 is 1.68. The van der Waals surface area contributed by atoms with Crippen molar-refractivity contribution in [1.82, 2.24) is 9.97 Å². The van der Waals surface area contributed by atoms with Crippen LogP contribution in [0.1, 0.15) is 27.2 Å². The minimum atomic E-state index is 0.440. The van der Waals surface area contributed by atoms with Gasteiger partial charge in [0.15, 0.2) is 0 Å². The van der Waals surface area contributed by atoms with Gasteiger partial charge in [0.2, 0.25) is 5.95 Å². The number of thiophene rings is 1. The predicted molar refractivity (Wildman–Crippen MR) is 79.5 cm³/mol. The van der Waals surface area contributed by atoms with E-state index in [0.717, 1.165) is 22.5 Å². The Morgan fingerprint density at radius 3 is 2.72 bits per heavy atom. The molecule has 0 aliphatic carbocycles. The van der Waals surface area contributed by atoms with Crippen molar-refractivity contribution in [1.29, 1.82) is 0 Å². The Kier molecular flexibility index (Phi) is 4.01. The van der Waals surface area contributed by atoms with Gasteiger partial charge in [0.1, 0.15) is 5.82 Å². The summed E-state index contributed by atoms with van der Waals surface area (Å²) in [7, 11) is 1.84. The van der Waals surface area contributed by atoms with Crippen LogP contribution in [0, 0.1) is 5.92 Å². The average Bonchev–Trinajstić information content (AvgIpc) is 2.83. The van der Waals surface area contributed by atoms with Gasteiger partial charge < -0.3 is 10.6 Å². The summed E-state index contributed by atoms with van der Waals surface area (Å²) in [5.41, 5.74) is 1.00. The predicted octanol–water partition coefficient (Wildman–Crippen LogP) is 3.58. The van der Waals surface area contributed by atoms with Crippen molar-refractivity contribution >= 4 is 33.3 Å². The summed E-state index contributed by atoms with van der Waals surface area (Å²) in [6.45, 7) is 6.66. The number of hydrogen-bond acceptors (Lipinski definition) is 5. The molecule has 1 unspecified atom stereocenters. The van der Waals surface area contributed by atoms with E-state index in [1.165, 1.54) is 0 Å². The standard InChI is InChI=1S/C13H20N4S/c1-5-9(8(2)3)15-12-11-10(6-7-18-11)16-13(14-4)17-12/h6-9H,5H2,1-4H3,(H2,14,15,16,17). The monoisotopic (exact) mass is 264 g/mol. The molecule has 2 rings (SSSR count). The van der Waals surface area contributed by atoms with E-state index in [0.29, 0.717) is 17.9 Å². The third-order valence-corrected chi connectivity index (χ3v) is 4.00. The summed E-state index contributed by atoms with van der Waals surface area (Å²) in [5.74, 6) is 2.19. The van der Waals surface area contributed by atoms with Gasteiger partial charge in [-0.2, -0.15) is 4.98 Å². The van der Waals surface area contributed by atoms with E-state index >= 15 is 0 Å². The molecule has 0 aromatic carbocycles. The summed E-state index contributed by atoms with van der Waals surface area (Å²) < 4.78 is 1.13. The van der Waals surface area contributed by atoms with Crippen molar-refractivity contribution < 1.29 is 0 Å². The molecule has 5 heteroatoms. The van der Waals surface area contributed by atoms with Crippen LogP contribution >= 0.6 is 11.3 Å². The van der Waals surface area contributed by atoms with E-state index in [9.17, 15) is 0 Å². The van der Waals surface area contributed by atoms with Crippen LogP contribution in [0.2, 0.25) is 0 Å². The molecule has 0 saturated carbocycles. The molecule has 2 aromatic heterocycles. The molecular weight excluding hydrogens is 244 g/mol. The van der Waals surface area contributed by atoms with Gasteiger partial charge in [0.25, 0.3) is 0 Å². The number of hydrogen-bond donors (Lipinski definition) is 2. The molecule has 18 heavy (non-hydrogen) atoms. The van der Waals surface area contributed by atoms with E-state index in [-0.39, 0.29) is 0 Å². The Balaban J connectivity index is 2.39. The highest BCUT2D eigenvalue weighted by atomic mass is 32.1. The lowest BCUT2D eigenvalue weighted by Gasteiger charge is -2.21. The normalized spacial score (nSPS) is 12.9. The van der Waals surface area contributed by atoms with Gasteiger partial charge in [-0.05, 0) is 23.8 Å². The van der Waals surface area contributed by atoms with Crippen LogP contribution in [-0.4, -0.2) is 23.1 Å². The molecule has 0 spiro atoms. The van der Waals surface area contributed by atoms with E-state index < -0.39 is 0 Å². The minimum Gasteiger partial charge on any atom is -0.366 e. The maximum Gasteiger partial charge on any atom is 0.225 e. The number of fused-ring (bicyclic) bond motifs is 1. The van der Waals surface area contributed by atoms with Crippen molar-refractivity contribution in [3.63, 3.8) is 0 Å². The quantitative estimate of drug-likeness (QED) is 0.866. The van der Waals surface area contributed by atoms with Crippen LogP contribution in [0.5, 0.6) is 0 Å². The van der Waals surface area contributed by atoms with Crippen LogP contribution in [0.25, 0.3) is 10.2 Å². The Morgan fingerprint density at radius 2 is 2.11 bits per heavy atom. The molecule has 0 bridgehead atoms. The highest BCUT2D eigenvalue weighted by Crippen LogP contribution is 2.28.